The molecule has 0 radical (unpaired) electrons. The van der Waals surface area contributed by atoms with Gasteiger partial charge in [0.05, 0.1) is 6.10 Å². The number of benzene rings is 1. The summed E-state index contributed by atoms with van der Waals surface area (Å²) in [7, 11) is 0. The minimum absolute atomic E-state index is 0.220. The van der Waals surface area contributed by atoms with Gasteiger partial charge in [0.15, 0.2) is 0 Å². The lowest BCUT2D eigenvalue weighted by molar-refractivity contribution is 0.0316. The topological polar surface area (TPSA) is 49.5 Å². The summed E-state index contributed by atoms with van der Waals surface area (Å²) in [6, 6.07) is 4.82. The van der Waals surface area contributed by atoms with Crippen molar-refractivity contribution < 1.29 is 9.50 Å². The van der Waals surface area contributed by atoms with E-state index in [2.05, 4.69) is 4.90 Å². The van der Waals surface area contributed by atoms with E-state index in [9.17, 15) is 9.50 Å². The fourth-order valence-corrected chi connectivity index (χ4v) is 2.30. The summed E-state index contributed by atoms with van der Waals surface area (Å²) in [5, 5.41) is 9.64. The molecule has 0 aliphatic carbocycles. The third kappa shape index (κ3) is 2.96. The second kappa shape index (κ2) is 5.02. The number of rotatable bonds is 2. The number of aliphatic hydroxyl groups is 1. The number of hydrogen-bond acceptors (Lipinski definition) is 3. The van der Waals surface area contributed by atoms with Gasteiger partial charge in [-0.05, 0) is 24.5 Å². The van der Waals surface area contributed by atoms with Crippen molar-refractivity contribution in [3.63, 3.8) is 0 Å². The lowest BCUT2D eigenvalue weighted by atomic mass is 9.96. The van der Waals surface area contributed by atoms with Crippen LogP contribution in [0.3, 0.4) is 0 Å². The van der Waals surface area contributed by atoms with Crippen LogP contribution >= 0.6 is 0 Å². The fourth-order valence-electron chi connectivity index (χ4n) is 2.30. The molecule has 1 heterocycles. The Morgan fingerprint density at radius 2 is 2.29 bits per heavy atom. The number of nitrogens with zero attached hydrogens (tertiary/aromatic N) is 1. The molecule has 0 aromatic heterocycles. The predicted molar refractivity (Wildman–Crippen MR) is 65.9 cm³/mol. The number of aliphatic hydroxyl groups excluding tert-OH is 1. The molecule has 2 atom stereocenters. The summed E-state index contributed by atoms with van der Waals surface area (Å²) in [5.74, 6) is 0.00404. The van der Waals surface area contributed by atoms with Gasteiger partial charge in [0.25, 0.3) is 0 Å². The van der Waals surface area contributed by atoms with Crippen molar-refractivity contribution in [2.24, 2.45) is 5.92 Å². The van der Waals surface area contributed by atoms with Gasteiger partial charge >= 0.3 is 0 Å². The summed E-state index contributed by atoms with van der Waals surface area (Å²) in [6.45, 7) is 4.24. The first kappa shape index (κ1) is 12.3. The van der Waals surface area contributed by atoms with E-state index in [1.54, 1.807) is 12.1 Å². The highest BCUT2D eigenvalue weighted by Crippen LogP contribution is 2.20. The predicted octanol–water partition coefficient (Wildman–Crippen LogP) is 1.61. The molecule has 1 aliphatic heterocycles. The molecule has 3 N–H and O–H groups in total. The standard InChI is InChI=1S/C13H19FN2O/c1-9-7-16(5-4-13(9)17)8-10-2-3-11(15)6-12(10)14/h2-3,6,9,13,17H,4-5,7-8,15H2,1H3. The molecule has 1 aromatic rings. The Labute approximate surface area is 101 Å². The van der Waals surface area contributed by atoms with Crippen LogP contribution in [0.15, 0.2) is 18.2 Å². The molecule has 1 saturated heterocycles. The largest absolute Gasteiger partial charge is 0.399 e. The molecule has 0 amide bonds. The Bertz CT molecular complexity index is 397. The molecule has 0 bridgehead atoms. The maximum absolute atomic E-state index is 13.6. The summed E-state index contributed by atoms with van der Waals surface area (Å²) in [5.41, 5.74) is 6.64. The summed E-state index contributed by atoms with van der Waals surface area (Å²) >= 11 is 0. The van der Waals surface area contributed by atoms with Gasteiger partial charge in [-0.25, -0.2) is 4.39 Å². The first-order valence-corrected chi connectivity index (χ1v) is 6.00. The maximum Gasteiger partial charge on any atom is 0.129 e. The van der Waals surface area contributed by atoms with E-state index in [1.165, 1.54) is 6.07 Å². The summed E-state index contributed by atoms with van der Waals surface area (Å²) in [4.78, 5) is 2.17. The average molecular weight is 238 g/mol. The van der Waals surface area contributed by atoms with Crippen LogP contribution in [0.2, 0.25) is 0 Å². The van der Waals surface area contributed by atoms with Gasteiger partial charge in [0.1, 0.15) is 5.82 Å². The van der Waals surface area contributed by atoms with Crippen LogP contribution in [-0.2, 0) is 6.54 Å². The zero-order chi connectivity index (χ0) is 12.4. The van der Waals surface area contributed by atoms with Gasteiger partial charge in [-0.2, -0.15) is 0 Å². The van der Waals surface area contributed by atoms with Crippen LogP contribution in [0.4, 0.5) is 10.1 Å². The Morgan fingerprint density at radius 1 is 1.53 bits per heavy atom. The van der Waals surface area contributed by atoms with Crippen molar-refractivity contribution in [3.8, 4) is 0 Å². The maximum atomic E-state index is 13.6. The molecule has 2 unspecified atom stereocenters. The van der Waals surface area contributed by atoms with Gasteiger partial charge in [-0.15, -0.1) is 0 Å². The smallest absolute Gasteiger partial charge is 0.129 e. The molecule has 1 fully saturated rings. The first-order valence-electron chi connectivity index (χ1n) is 6.00. The molecule has 94 valence electrons. The second-order valence-corrected chi connectivity index (χ2v) is 4.92. The summed E-state index contributed by atoms with van der Waals surface area (Å²) in [6.07, 6.45) is 0.542. The third-order valence-electron chi connectivity index (χ3n) is 3.42. The Morgan fingerprint density at radius 3 is 2.94 bits per heavy atom. The van der Waals surface area contributed by atoms with Crippen LogP contribution in [0.1, 0.15) is 18.9 Å². The number of nitrogen functional groups attached to an aromatic ring is 1. The van der Waals surface area contributed by atoms with Crippen molar-refractivity contribution in [1.82, 2.24) is 4.90 Å². The molecule has 1 aliphatic rings. The Hall–Kier alpha value is -1.13. The van der Waals surface area contributed by atoms with E-state index < -0.39 is 0 Å². The third-order valence-corrected chi connectivity index (χ3v) is 3.42. The zero-order valence-corrected chi connectivity index (χ0v) is 10.1. The first-order chi connectivity index (χ1) is 8.06. The highest BCUT2D eigenvalue weighted by atomic mass is 19.1. The Kier molecular flexibility index (Phi) is 3.64. The number of anilines is 1. The lowest BCUT2D eigenvalue weighted by Crippen LogP contribution is -2.41. The van der Waals surface area contributed by atoms with E-state index in [1.807, 2.05) is 6.92 Å². The van der Waals surface area contributed by atoms with Crippen molar-refractivity contribution in [2.75, 3.05) is 18.8 Å². The number of nitrogens with two attached hydrogens (primary N) is 1. The van der Waals surface area contributed by atoms with Crippen LogP contribution in [0.25, 0.3) is 0 Å². The van der Waals surface area contributed by atoms with Gasteiger partial charge in [-0.1, -0.05) is 13.0 Å². The van der Waals surface area contributed by atoms with E-state index in [0.717, 1.165) is 19.5 Å². The normalized spacial score (nSPS) is 26.1. The number of halogens is 1. The average Bonchev–Trinajstić information content (AvgIpc) is 2.27. The molecular formula is C13H19FN2O. The fraction of sp³-hybridized carbons (Fsp3) is 0.538. The van der Waals surface area contributed by atoms with Crippen LogP contribution < -0.4 is 5.73 Å². The van der Waals surface area contributed by atoms with Crippen molar-refractivity contribution in [2.45, 2.75) is 26.0 Å². The molecule has 2 rings (SSSR count). The molecule has 4 heteroatoms. The minimum Gasteiger partial charge on any atom is -0.399 e. The van der Waals surface area contributed by atoms with E-state index >= 15 is 0 Å². The number of piperidine rings is 1. The van der Waals surface area contributed by atoms with Crippen molar-refractivity contribution in [3.05, 3.63) is 29.6 Å². The van der Waals surface area contributed by atoms with E-state index in [4.69, 9.17) is 5.73 Å². The minimum atomic E-state index is -0.247. The zero-order valence-electron chi connectivity index (χ0n) is 10.1. The Balaban J connectivity index is 2.01. The summed E-state index contributed by atoms with van der Waals surface area (Å²) < 4.78 is 13.6. The van der Waals surface area contributed by atoms with Crippen molar-refractivity contribution >= 4 is 5.69 Å². The molecule has 17 heavy (non-hydrogen) atoms. The SMILES string of the molecule is CC1CN(Cc2ccc(N)cc2F)CCC1O. The van der Waals surface area contributed by atoms with E-state index in [-0.39, 0.29) is 17.8 Å². The van der Waals surface area contributed by atoms with E-state index in [0.29, 0.717) is 17.8 Å². The highest BCUT2D eigenvalue weighted by molar-refractivity contribution is 5.40. The lowest BCUT2D eigenvalue weighted by Gasteiger charge is -2.34. The number of hydrogen-bond donors (Lipinski definition) is 2. The number of likely N-dealkylation sites (tertiary alicyclic amines) is 1. The highest BCUT2D eigenvalue weighted by Gasteiger charge is 2.24. The van der Waals surface area contributed by atoms with Crippen LogP contribution in [0.5, 0.6) is 0 Å². The van der Waals surface area contributed by atoms with Crippen molar-refractivity contribution in [1.29, 1.82) is 0 Å². The van der Waals surface area contributed by atoms with Crippen LogP contribution in [-0.4, -0.2) is 29.2 Å². The monoisotopic (exact) mass is 238 g/mol. The molecular weight excluding hydrogens is 219 g/mol. The van der Waals surface area contributed by atoms with Gasteiger partial charge in [-0.3, -0.25) is 4.90 Å². The molecule has 3 nitrogen and oxygen atoms in total. The molecule has 1 aromatic carbocycles. The molecule has 0 spiro atoms. The van der Waals surface area contributed by atoms with Gasteiger partial charge in [0.2, 0.25) is 0 Å². The molecule has 0 saturated carbocycles. The van der Waals surface area contributed by atoms with Crippen LogP contribution in [0, 0.1) is 11.7 Å². The van der Waals surface area contributed by atoms with Gasteiger partial charge in [0, 0.05) is 30.9 Å². The quantitative estimate of drug-likeness (QED) is 0.770. The second-order valence-electron chi connectivity index (χ2n) is 4.92. The van der Waals surface area contributed by atoms with Gasteiger partial charge < -0.3 is 10.8 Å².